The van der Waals surface area contributed by atoms with Gasteiger partial charge in [-0.15, -0.1) is 0 Å². The topological polar surface area (TPSA) is 65.0 Å². The zero-order valence-corrected chi connectivity index (χ0v) is 17.5. The van der Waals surface area contributed by atoms with Crippen LogP contribution in [-0.2, 0) is 19.0 Å². The van der Waals surface area contributed by atoms with Crippen molar-refractivity contribution in [1.82, 2.24) is 0 Å². The average Bonchev–Trinajstić information content (AvgIpc) is 3.17. The smallest absolute Gasteiger partial charge is 0.165 e. The van der Waals surface area contributed by atoms with E-state index in [2.05, 4.69) is 20.8 Å². The SMILES string of the molecule is CCO[C@@H]1C[C@]2(CC[C@@]3(O2)[C@H](C)[C@@H](O)C(=O)[C@H]2C(C)(C)CCC[C@@]23C)CO1. The summed E-state index contributed by atoms with van der Waals surface area (Å²) in [7, 11) is 0. The molecule has 4 aliphatic rings. The Kier molecular flexibility index (Phi) is 4.59. The third-order valence-electron chi connectivity index (χ3n) is 8.46. The minimum Gasteiger partial charge on any atom is -0.385 e. The lowest BCUT2D eigenvalue weighted by atomic mass is 9.43. The lowest BCUT2D eigenvalue weighted by Gasteiger charge is -2.63. The second kappa shape index (κ2) is 6.25. The third kappa shape index (κ3) is 2.61. The average molecular weight is 381 g/mol. The van der Waals surface area contributed by atoms with Crippen LogP contribution in [0.5, 0.6) is 0 Å². The van der Waals surface area contributed by atoms with Crippen LogP contribution in [0.3, 0.4) is 0 Å². The van der Waals surface area contributed by atoms with Crippen molar-refractivity contribution in [3.8, 4) is 0 Å². The Bertz CT molecular complexity index is 618. The molecule has 0 aromatic heterocycles. The van der Waals surface area contributed by atoms with Gasteiger partial charge in [0.1, 0.15) is 6.10 Å². The van der Waals surface area contributed by atoms with Crippen LogP contribution in [0.4, 0.5) is 0 Å². The summed E-state index contributed by atoms with van der Waals surface area (Å²) in [6.45, 7) is 11.8. The van der Waals surface area contributed by atoms with Crippen molar-refractivity contribution in [3.05, 3.63) is 0 Å². The third-order valence-corrected chi connectivity index (χ3v) is 8.46. The van der Waals surface area contributed by atoms with Crippen LogP contribution >= 0.6 is 0 Å². The van der Waals surface area contributed by atoms with Crippen LogP contribution in [0.1, 0.15) is 73.1 Å². The summed E-state index contributed by atoms with van der Waals surface area (Å²) in [5.41, 5.74) is -1.19. The predicted octanol–water partition coefficient (Wildman–Crippen LogP) is 3.47. The molecule has 27 heavy (non-hydrogen) atoms. The quantitative estimate of drug-likeness (QED) is 0.795. The highest BCUT2D eigenvalue weighted by atomic mass is 16.7. The number of aliphatic hydroxyl groups excluding tert-OH is 1. The monoisotopic (exact) mass is 380 g/mol. The van der Waals surface area contributed by atoms with Gasteiger partial charge >= 0.3 is 0 Å². The Morgan fingerprint density at radius 3 is 2.63 bits per heavy atom. The first-order valence-electron chi connectivity index (χ1n) is 10.8. The summed E-state index contributed by atoms with van der Waals surface area (Å²) in [6.07, 6.45) is 4.49. The minimum atomic E-state index is -0.944. The molecule has 0 aromatic rings. The van der Waals surface area contributed by atoms with Gasteiger partial charge in [-0.3, -0.25) is 4.79 Å². The van der Waals surface area contributed by atoms with E-state index in [1.165, 1.54) is 0 Å². The molecule has 0 unspecified atom stereocenters. The lowest BCUT2D eigenvalue weighted by Crippen LogP contribution is -2.69. The molecule has 2 aliphatic heterocycles. The number of rotatable bonds is 2. The van der Waals surface area contributed by atoms with E-state index in [1.54, 1.807) is 0 Å². The number of ketones is 1. The molecule has 1 N–H and O–H groups in total. The Morgan fingerprint density at radius 2 is 1.93 bits per heavy atom. The van der Waals surface area contributed by atoms with Gasteiger partial charge in [-0.2, -0.15) is 0 Å². The van der Waals surface area contributed by atoms with E-state index in [9.17, 15) is 9.90 Å². The summed E-state index contributed by atoms with van der Waals surface area (Å²) < 4.78 is 18.6. The van der Waals surface area contributed by atoms with Crippen molar-refractivity contribution in [2.45, 2.75) is 96.7 Å². The molecule has 2 aliphatic carbocycles. The second-order valence-electron chi connectivity index (χ2n) is 10.4. The molecule has 2 saturated heterocycles. The molecule has 4 rings (SSSR count). The van der Waals surface area contributed by atoms with Crippen molar-refractivity contribution in [1.29, 1.82) is 0 Å². The normalized spacial score (nSPS) is 51.9. The molecular formula is C22H36O5. The van der Waals surface area contributed by atoms with Gasteiger partial charge in [0, 0.05) is 30.3 Å². The number of hydrogen-bond donors (Lipinski definition) is 1. The molecule has 0 radical (unpaired) electrons. The Balaban J connectivity index is 1.72. The molecule has 4 fully saturated rings. The molecule has 2 saturated carbocycles. The second-order valence-corrected chi connectivity index (χ2v) is 10.4. The Hall–Kier alpha value is -0.490. The molecule has 2 spiro atoms. The van der Waals surface area contributed by atoms with E-state index in [0.29, 0.717) is 13.2 Å². The molecule has 0 aromatic carbocycles. The van der Waals surface area contributed by atoms with Crippen LogP contribution in [0.25, 0.3) is 0 Å². The fraction of sp³-hybridized carbons (Fsp3) is 0.955. The number of carbonyl (C=O) groups is 1. The number of Topliss-reactive ketones (excluding diaryl/α,β-unsaturated/α-hetero) is 1. The number of aliphatic hydroxyl groups is 1. The van der Waals surface area contributed by atoms with Crippen LogP contribution in [0.2, 0.25) is 0 Å². The number of fused-ring (bicyclic) bond motifs is 2. The number of hydrogen-bond acceptors (Lipinski definition) is 5. The lowest BCUT2D eigenvalue weighted by molar-refractivity contribution is -0.255. The van der Waals surface area contributed by atoms with Crippen molar-refractivity contribution in [3.63, 3.8) is 0 Å². The number of ether oxygens (including phenoxy) is 3. The van der Waals surface area contributed by atoms with E-state index in [-0.39, 0.29) is 40.3 Å². The van der Waals surface area contributed by atoms with Gasteiger partial charge in [-0.05, 0) is 38.0 Å². The summed E-state index contributed by atoms with van der Waals surface area (Å²) in [6, 6.07) is 0. The van der Waals surface area contributed by atoms with Crippen LogP contribution < -0.4 is 0 Å². The van der Waals surface area contributed by atoms with Crippen LogP contribution in [0, 0.1) is 22.7 Å². The molecule has 5 nitrogen and oxygen atoms in total. The van der Waals surface area contributed by atoms with Crippen molar-refractivity contribution >= 4 is 5.78 Å². The van der Waals surface area contributed by atoms with Crippen LogP contribution in [-0.4, -0.2) is 47.7 Å². The minimum absolute atomic E-state index is 0.0275. The molecule has 5 heteroatoms. The zero-order chi connectivity index (χ0) is 19.7. The maximum atomic E-state index is 13.2. The molecule has 0 amide bonds. The summed E-state index contributed by atoms with van der Waals surface area (Å²) in [4.78, 5) is 13.2. The van der Waals surface area contributed by atoms with E-state index in [1.807, 2.05) is 13.8 Å². The fourth-order valence-electron chi connectivity index (χ4n) is 7.24. The maximum Gasteiger partial charge on any atom is 0.165 e. The summed E-state index contributed by atoms with van der Waals surface area (Å²) in [5.74, 6) is -0.337. The highest BCUT2D eigenvalue weighted by Gasteiger charge is 2.72. The van der Waals surface area contributed by atoms with Gasteiger partial charge in [0.15, 0.2) is 12.1 Å². The molecule has 7 atom stereocenters. The summed E-state index contributed by atoms with van der Waals surface area (Å²) >= 11 is 0. The van der Waals surface area contributed by atoms with Gasteiger partial charge < -0.3 is 19.3 Å². The van der Waals surface area contributed by atoms with Gasteiger partial charge in [-0.1, -0.05) is 34.1 Å². The summed E-state index contributed by atoms with van der Waals surface area (Å²) in [5, 5.41) is 10.9. The van der Waals surface area contributed by atoms with E-state index < -0.39 is 11.7 Å². The van der Waals surface area contributed by atoms with Crippen molar-refractivity contribution < 1.29 is 24.1 Å². The largest absolute Gasteiger partial charge is 0.385 e. The van der Waals surface area contributed by atoms with E-state index in [0.717, 1.165) is 38.5 Å². The number of carbonyl (C=O) groups excluding carboxylic acids is 1. The van der Waals surface area contributed by atoms with Gasteiger partial charge in [0.2, 0.25) is 0 Å². The zero-order valence-electron chi connectivity index (χ0n) is 17.5. The standard InChI is InChI=1S/C22H36O5/c1-6-25-15-12-21(13-26-15)10-11-22(27-21)14(2)16(23)17(24)18-19(3,4)8-7-9-20(18,22)5/h14-16,18,23H,6-13H2,1-5H3/t14-,15+,16-,18+,20+,21-,22-/m1/s1. The molecule has 2 heterocycles. The van der Waals surface area contributed by atoms with Crippen molar-refractivity contribution in [2.75, 3.05) is 13.2 Å². The predicted molar refractivity (Wildman–Crippen MR) is 101 cm³/mol. The molecule has 0 bridgehead atoms. The first kappa shape index (κ1) is 19.8. The van der Waals surface area contributed by atoms with Crippen LogP contribution in [0.15, 0.2) is 0 Å². The maximum absolute atomic E-state index is 13.2. The first-order chi connectivity index (χ1) is 12.6. The van der Waals surface area contributed by atoms with E-state index in [4.69, 9.17) is 14.2 Å². The van der Waals surface area contributed by atoms with Crippen molar-refractivity contribution in [2.24, 2.45) is 22.7 Å². The fourth-order valence-corrected chi connectivity index (χ4v) is 7.24. The highest BCUT2D eigenvalue weighted by molar-refractivity contribution is 5.88. The van der Waals surface area contributed by atoms with Gasteiger partial charge in [0.25, 0.3) is 0 Å². The van der Waals surface area contributed by atoms with E-state index >= 15 is 0 Å². The van der Waals surface area contributed by atoms with Gasteiger partial charge in [0.05, 0.1) is 17.8 Å². The van der Waals surface area contributed by atoms with Gasteiger partial charge in [-0.25, -0.2) is 0 Å². The first-order valence-corrected chi connectivity index (χ1v) is 10.8. The Morgan fingerprint density at radius 1 is 1.19 bits per heavy atom. The molecular weight excluding hydrogens is 344 g/mol. The highest BCUT2D eigenvalue weighted by Crippen LogP contribution is 2.67. The Labute approximate surface area is 163 Å². The molecule has 154 valence electrons.